The molecule has 2 heterocycles. The van der Waals surface area contributed by atoms with E-state index in [1.54, 1.807) is 0 Å². The first kappa shape index (κ1) is 14.3. The van der Waals surface area contributed by atoms with Gasteiger partial charge in [-0.3, -0.25) is 4.79 Å². The van der Waals surface area contributed by atoms with Crippen LogP contribution in [0.2, 0.25) is 10.0 Å². The average Bonchev–Trinajstić information content (AvgIpc) is 3.06. The van der Waals surface area contributed by atoms with E-state index in [0.717, 1.165) is 12.8 Å². The lowest BCUT2D eigenvalue weighted by Gasteiger charge is -2.10. The summed E-state index contributed by atoms with van der Waals surface area (Å²) in [5, 5.41) is 13.8. The summed E-state index contributed by atoms with van der Waals surface area (Å²) in [4.78, 5) is 19.5. The molecule has 0 radical (unpaired) electrons. The van der Waals surface area contributed by atoms with E-state index in [1.165, 1.54) is 12.3 Å². The van der Waals surface area contributed by atoms with Gasteiger partial charge in [-0.05, 0) is 18.9 Å². The number of carbonyl (C=O) groups is 1. The number of hydrogen-bond donors (Lipinski definition) is 1. The number of hydrogen-bond acceptors (Lipinski definition) is 5. The van der Waals surface area contributed by atoms with Crippen LogP contribution in [0.15, 0.2) is 16.8 Å². The molecule has 0 saturated heterocycles. The van der Waals surface area contributed by atoms with Gasteiger partial charge in [0.1, 0.15) is 5.69 Å². The van der Waals surface area contributed by atoms with E-state index in [1.807, 2.05) is 0 Å². The van der Waals surface area contributed by atoms with Crippen LogP contribution in [0.5, 0.6) is 0 Å². The van der Waals surface area contributed by atoms with Crippen LogP contribution in [0.25, 0.3) is 11.5 Å². The SMILES string of the molecule is O=C(O)C1CCCC1c1nc(-c2ncc(Cl)cc2Cl)no1. The lowest BCUT2D eigenvalue weighted by molar-refractivity contribution is -0.142. The summed E-state index contributed by atoms with van der Waals surface area (Å²) in [6, 6.07) is 1.54. The molecule has 1 fully saturated rings. The van der Waals surface area contributed by atoms with Gasteiger partial charge in [0.25, 0.3) is 0 Å². The summed E-state index contributed by atoms with van der Waals surface area (Å²) in [5.74, 6) is -1.01. The first-order valence-corrected chi connectivity index (χ1v) is 7.19. The quantitative estimate of drug-likeness (QED) is 0.929. The van der Waals surface area contributed by atoms with E-state index < -0.39 is 11.9 Å². The summed E-state index contributed by atoms with van der Waals surface area (Å²) < 4.78 is 5.21. The molecule has 0 aromatic carbocycles. The molecule has 2 aromatic heterocycles. The zero-order chi connectivity index (χ0) is 15.0. The second-order valence-corrected chi connectivity index (χ2v) is 5.77. The molecule has 1 aliphatic carbocycles. The molecule has 110 valence electrons. The minimum absolute atomic E-state index is 0.239. The highest BCUT2D eigenvalue weighted by atomic mass is 35.5. The highest BCUT2D eigenvalue weighted by Gasteiger charge is 2.37. The first-order chi connectivity index (χ1) is 10.1. The van der Waals surface area contributed by atoms with E-state index in [4.69, 9.17) is 27.7 Å². The van der Waals surface area contributed by atoms with Crippen LogP contribution < -0.4 is 0 Å². The van der Waals surface area contributed by atoms with Gasteiger partial charge in [-0.25, -0.2) is 4.98 Å². The van der Waals surface area contributed by atoms with Crippen molar-refractivity contribution < 1.29 is 14.4 Å². The molecule has 2 atom stereocenters. The fraction of sp³-hybridized carbons (Fsp3) is 0.385. The third kappa shape index (κ3) is 2.73. The van der Waals surface area contributed by atoms with Crippen LogP contribution in [-0.4, -0.2) is 26.2 Å². The van der Waals surface area contributed by atoms with Gasteiger partial charge in [0, 0.05) is 6.20 Å². The smallest absolute Gasteiger partial charge is 0.307 e. The third-order valence-electron chi connectivity index (χ3n) is 3.61. The number of halogens is 2. The Balaban J connectivity index is 1.91. The highest BCUT2D eigenvalue weighted by molar-refractivity contribution is 6.35. The molecule has 0 bridgehead atoms. The lowest BCUT2D eigenvalue weighted by Crippen LogP contribution is -2.17. The molecule has 1 saturated carbocycles. The first-order valence-electron chi connectivity index (χ1n) is 6.44. The maximum absolute atomic E-state index is 11.2. The molecule has 6 nitrogen and oxygen atoms in total. The summed E-state index contributed by atoms with van der Waals surface area (Å²) in [7, 11) is 0. The molecule has 21 heavy (non-hydrogen) atoms. The highest BCUT2D eigenvalue weighted by Crippen LogP contribution is 2.39. The Kier molecular flexibility index (Phi) is 3.82. The maximum atomic E-state index is 11.2. The number of aliphatic carboxylic acids is 1. The Labute approximate surface area is 130 Å². The fourth-order valence-electron chi connectivity index (χ4n) is 2.61. The van der Waals surface area contributed by atoms with Crippen molar-refractivity contribution in [2.45, 2.75) is 25.2 Å². The average molecular weight is 328 g/mol. The number of carboxylic acids is 1. The summed E-state index contributed by atoms with van der Waals surface area (Å²) >= 11 is 11.8. The van der Waals surface area contributed by atoms with Gasteiger partial charge in [0.2, 0.25) is 11.7 Å². The third-order valence-corrected chi connectivity index (χ3v) is 4.11. The van der Waals surface area contributed by atoms with Crippen molar-refractivity contribution in [2.24, 2.45) is 5.92 Å². The van der Waals surface area contributed by atoms with Crippen molar-refractivity contribution >= 4 is 29.2 Å². The predicted molar refractivity (Wildman–Crippen MR) is 75.3 cm³/mol. The summed E-state index contributed by atoms with van der Waals surface area (Å²) in [6.45, 7) is 0. The molecule has 2 unspecified atom stereocenters. The van der Waals surface area contributed by atoms with Crippen LogP contribution in [0.4, 0.5) is 0 Å². The van der Waals surface area contributed by atoms with Crippen LogP contribution in [0.3, 0.4) is 0 Å². The van der Waals surface area contributed by atoms with Gasteiger partial charge in [-0.15, -0.1) is 0 Å². The van der Waals surface area contributed by atoms with Crippen molar-refractivity contribution in [1.82, 2.24) is 15.1 Å². The monoisotopic (exact) mass is 327 g/mol. The van der Waals surface area contributed by atoms with E-state index in [2.05, 4.69) is 15.1 Å². The molecule has 0 spiro atoms. The van der Waals surface area contributed by atoms with Gasteiger partial charge in [-0.1, -0.05) is 34.8 Å². The summed E-state index contributed by atoms with van der Waals surface area (Å²) in [5.41, 5.74) is 0.362. The molecule has 1 N–H and O–H groups in total. The zero-order valence-corrected chi connectivity index (χ0v) is 12.3. The van der Waals surface area contributed by atoms with E-state index >= 15 is 0 Å². The van der Waals surface area contributed by atoms with Gasteiger partial charge in [-0.2, -0.15) is 4.98 Å². The maximum Gasteiger partial charge on any atom is 0.307 e. The molecule has 0 amide bonds. The minimum atomic E-state index is -0.833. The van der Waals surface area contributed by atoms with Crippen LogP contribution >= 0.6 is 23.2 Å². The number of pyridine rings is 1. The molecule has 8 heteroatoms. The lowest BCUT2D eigenvalue weighted by atomic mass is 9.96. The Bertz CT molecular complexity index is 689. The second-order valence-electron chi connectivity index (χ2n) is 4.92. The minimum Gasteiger partial charge on any atom is -0.481 e. The Morgan fingerprint density at radius 1 is 1.38 bits per heavy atom. The topological polar surface area (TPSA) is 89.1 Å². The van der Waals surface area contributed by atoms with Crippen LogP contribution in [0, 0.1) is 5.92 Å². The van der Waals surface area contributed by atoms with E-state index in [9.17, 15) is 9.90 Å². The van der Waals surface area contributed by atoms with E-state index in [0.29, 0.717) is 28.1 Å². The molecule has 2 aromatic rings. The number of carboxylic acid groups (broad SMARTS) is 1. The largest absolute Gasteiger partial charge is 0.481 e. The van der Waals surface area contributed by atoms with Crippen molar-refractivity contribution in [3.8, 4) is 11.5 Å². The molecular weight excluding hydrogens is 317 g/mol. The van der Waals surface area contributed by atoms with Gasteiger partial charge in [0.15, 0.2) is 0 Å². The van der Waals surface area contributed by atoms with Crippen molar-refractivity contribution in [3.05, 3.63) is 28.2 Å². The van der Waals surface area contributed by atoms with Gasteiger partial charge >= 0.3 is 5.97 Å². The molecule has 3 rings (SSSR count). The van der Waals surface area contributed by atoms with Gasteiger partial charge in [0.05, 0.1) is 21.9 Å². The van der Waals surface area contributed by atoms with Crippen molar-refractivity contribution in [3.63, 3.8) is 0 Å². The Hall–Kier alpha value is -1.66. The van der Waals surface area contributed by atoms with E-state index in [-0.39, 0.29) is 11.7 Å². The number of nitrogens with zero attached hydrogens (tertiary/aromatic N) is 3. The van der Waals surface area contributed by atoms with Crippen molar-refractivity contribution in [1.29, 1.82) is 0 Å². The standard InChI is InChI=1S/C13H11Cl2N3O3/c14-6-4-9(15)10(16-5-6)11-17-12(21-18-11)7-2-1-3-8(7)13(19)20/h4-5,7-8H,1-3H2,(H,19,20). The van der Waals surface area contributed by atoms with Crippen LogP contribution in [0.1, 0.15) is 31.1 Å². The van der Waals surface area contributed by atoms with Crippen LogP contribution in [-0.2, 0) is 4.79 Å². The number of rotatable bonds is 3. The Morgan fingerprint density at radius 2 is 2.19 bits per heavy atom. The fourth-order valence-corrected chi connectivity index (χ4v) is 3.08. The molecular formula is C13H11Cl2N3O3. The molecule has 1 aliphatic rings. The zero-order valence-electron chi connectivity index (χ0n) is 10.8. The summed E-state index contributed by atoms with van der Waals surface area (Å²) in [6.07, 6.45) is 3.62. The van der Waals surface area contributed by atoms with Gasteiger partial charge < -0.3 is 9.63 Å². The van der Waals surface area contributed by atoms with Crippen molar-refractivity contribution in [2.75, 3.05) is 0 Å². The normalized spacial score (nSPS) is 21.6. The molecule has 0 aliphatic heterocycles. The number of aromatic nitrogens is 3. The second kappa shape index (κ2) is 5.61. The predicted octanol–water partition coefficient (Wildman–Crippen LogP) is 3.41. The Morgan fingerprint density at radius 3 is 2.90 bits per heavy atom.